The van der Waals surface area contributed by atoms with E-state index < -0.39 is 17.8 Å². The maximum atomic E-state index is 13.4. The zero-order valence-electron chi connectivity index (χ0n) is 18.6. The highest BCUT2D eigenvalue weighted by Crippen LogP contribution is 2.24. The first-order valence-electron chi connectivity index (χ1n) is 10.8. The zero-order valence-corrected chi connectivity index (χ0v) is 20.2. The van der Waals surface area contributed by atoms with E-state index in [2.05, 4.69) is 5.32 Å². The number of carbonyl (C=O) groups excluding carboxylic acids is 2. The Morgan fingerprint density at radius 2 is 1.74 bits per heavy atom. The first kappa shape index (κ1) is 25.5. The molecule has 0 aromatic heterocycles. The second-order valence-corrected chi connectivity index (χ2v) is 8.44. The summed E-state index contributed by atoms with van der Waals surface area (Å²) >= 11 is 12.4. The van der Waals surface area contributed by atoms with Crippen molar-refractivity contribution in [3.05, 3.63) is 99.8 Å². The molecule has 0 aliphatic rings. The molecule has 0 saturated carbocycles. The summed E-state index contributed by atoms with van der Waals surface area (Å²) in [5, 5.41) is 3.68. The van der Waals surface area contributed by atoms with Crippen LogP contribution in [0.3, 0.4) is 0 Å². The maximum Gasteiger partial charge on any atom is 0.261 e. The number of benzene rings is 3. The van der Waals surface area contributed by atoms with Gasteiger partial charge in [0.2, 0.25) is 5.91 Å². The van der Waals surface area contributed by atoms with E-state index in [-0.39, 0.29) is 19.1 Å². The molecule has 0 radical (unpaired) electrons. The maximum absolute atomic E-state index is 13.4. The summed E-state index contributed by atoms with van der Waals surface area (Å²) in [5.41, 5.74) is 1.54. The fourth-order valence-corrected chi connectivity index (χ4v) is 3.91. The Bertz CT molecular complexity index is 1110. The minimum atomic E-state index is -0.807. The van der Waals surface area contributed by atoms with E-state index in [9.17, 15) is 14.0 Å². The SMILES string of the molecule is CCNC(=O)[C@H](Cc1ccccc1)N(Cc1ccc(Cl)cc1Cl)C(=O)COc1ccc(F)cc1. The molecule has 0 bridgehead atoms. The summed E-state index contributed by atoms with van der Waals surface area (Å²) in [6.07, 6.45) is 0.306. The molecular formula is C26H25Cl2FN2O3. The van der Waals surface area contributed by atoms with Gasteiger partial charge in [-0.05, 0) is 54.4 Å². The molecule has 0 aliphatic heterocycles. The average Bonchev–Trinajstić information content (AvgIpc) is 2.82. The van der Waals surface area contributed by atoms with E-state index in [4.69, 9.17) is 27.9 Å². The normalized spacial score (nSPS) is 11.5. The highest BCUT2D eigenvalue weighted by molar-refractivity contribution is 6.35. The smallest absolute Gasteiger partial charge is 0.261 e. The zero-order chi connectivity index (χ0) is 24.5. The van der Waals surface area contributed by atoms with E-state index in [0.717, 1.165) is 5.56 Å². The first-order valence-corrected chi connectivity index (χ1v) is 11.6. The number of hydrogen-bond donors (Lipinski definition) is 1. The van der Waals surface area contributed by atoms with Crippen molar-refractivity contribution in [2.45, 2.75) is 25.9 Å². The van der Waals surface area contributed by atoms with Crippen LogP contribution in [-0.4, -0.2) is 35.9 Å². The second kappa shape index (κ2) is 12.4. The molecule has 178 valence electrons. The van der Waals surface area contributed by atoms with Crippen molar-refractivity contribution in [3.63, 3.8) is 0 Å². The number of likely N-dealkylation sites (N-methyl/N-ethyl adjacent to an activating group) is 1. The topological polar surface area (TPSA) is 58.6 Å². The number of nitrogens with zero attached hydrogens (tertiary/aromatic N) is 1. The number of nitrogens with one attached hydrogen (secondary N) is 1. The largest absolute Gasteiger partial charge is 0.484 e. The first-order chi connectivity index (χ1) is 16.4. The fourth-order valence-electron chi connectivity index (χ4n) is 3.44. The highest BCUT2D eigenvalue weighted by atomic mass is 35.5. The van der Waals surface area contributed by atoms with E-state index in [1.165, 1.54) is 29.2 Å². The van der Waals surface area contributed by atoms with Crippen molar-refractivity contribution in [2.24, 2.45) is 0 Å². The lowest BCUT2D eigenvalue weighted by Gasteiger charge is -2.31. The van der Waals surface area contributed by atoms with Crippen LogP contribution in [0.5, 0.6) is 5.75 Å². The Labute approximate surface area is 208 Å². The molecule has 3 aromatic carbocycles. The van der Waals surface area contributed by atoms with Crippen LogP contribution in [0.25, 0.3) is 0 Å². The molecule has 1 N–H and O–H groups in total. The molecular weight excluding hydrogens is 478 g/mol. The third kappa shape index (κ3) is 7.20. The molecule has 0 heterocycles. The van der Waals surface area contributed by atoms with Crippen LogP contribution in [0.4, 0.5) is 4.39 Å². The summed E-state index contributed by atoms with van der Waals surface area (Å²) in [4.78, 5) is 27.9. The van der Waals surface area contributed by atoms with Gasteiger partial charge < -0.3 is 15.0 Å². The molecule has 0 aliphatic carbocycles. The standard InChI is InChI=1S/C26H25Cl2FN2O3/c1-2-30-26(33)24(14-18-6-4-3-5-7-18)31(16-19-8-9-20(27)15-23(19)28)25(32)17-34-22-12-10-21(29)11-13-22/h3-13,15,24H,2,14,16-17H2,1H3,(H,30,33)/t24-/m0/s1. The van der Waals surface area contributed by atoms with Crippen molar-refractivity contribution in [1.82, 2.24) is 10.2 Å². The van der Waals surface area contributed by atoms with Crippen LogP contribution < -0.4 is 10.1 Å². The number of amides is 2. The van der Waals surface area contributed by atoms with E-state index in [1.807, 2.05) is 37.3 Å². The van der Waals surface area contributed by atoms with Gasteiger partial charge in [-0.25, -0.2) is 4.39 Å². The van der Waals surface area contributed by atoms with Gasteiger partial charge in [0.1, 0.15) is 17.6 Å². The van der Waals surface area contributed by atoms with E-state index in [0.29, 0.717) is 34.3 Å². The summed E-state index contributed by atoms with van der Waals surface area (Å²) < 4.78 is 18.8. The van der Waals surface area contributed by atoms with Crippen LogP contribution in [0.1, 0.15) is 18.1 Å². The Hall–Kier alpha value is -3.09. The van der Waals surface area contributed by atoms with Gasteiger partial charge in [0, 0.05) is 29.6 Å². The van der Waals surface area contributed by atoms with Gasteiger partial charge in [-0.3, -0.25) is 9.59 Å². The van der Waals surface area contributed by atoms with Crippen molar-refractivity contribution >= 4 is 35.0 Å². The van der Waals surface area contributed by atoms with Gasteiger partial charge in [0.15, 0.2) is 6.61 Å². The van der Waals surface area contributed by atoms with Gasteiger partial charge >= 0.3 is 0 Å². The van der Waals surface area contributed by atoms with E-state index in [1.54, 1.807) is 18.2 Å². The minimum Gasteiger partial charge on any atom is -0.484 e. The molecule has 2 amide bonds. The number of hydrogen-bond acceptors (Lipinski definition) is 3. The van der Waals surface area contributed by atoms with Gasteiger partial charge in [0.25, 0.3) is 5.91 Å². The fraction of sp³-hybridized carbons (Fsp3) is 0.231. The molecule has 1 atom stereocenters. The molecule has 34 heavy (non-hydrogen) atoms. The molecule has 0 fully saturated rings. The van der Waals surface area contributed by atoms with Crippen LogP contribution in [0.2, 0.25) is 10.0 Å². The third-order valence-electron chi connectivity index (χ3n) is 5.15. The number of rotatable bonds is 10. The molecule has 0 spiro atoms. The van der Waals surface area contributed by atoms with Crippen LogP contribution in [-0.2, 0) is 22.6 Å². The quantitative estimate of drug-likeness (QED) is 0.409. The van der Waals surface area contributed by atoms with Crippen molar-refractivity contribution in [3.8, 4) is 5.75 Å². The predicted octanol–water partition coefficient (Wildman–Crippen LogP) is 5.29. The molecule has 3 rings (SSSR count). The van der Waals surface area contributed by atoms with Crippen molar-refractivity contribution in [1.29, 1.82) is 0 Å². The van der Waals surface area contributed by atoms with Crippen LogP contribution in [0, 0.1) is 5.82 Å². The van der Waals surface area contributed by atoms with E-state index >= 15 is 0 Å². The number of halogens is 3. The molecule has 0 saturated heterocycles. The molecule has 3 aromatic rings. The lowest BCUT2D eigenvalue weighted by molar-refractivity contribution is -0.142. The molecule has 8 heteroatoms. The minimum absolute atomic E-state index is 0.0796. The Morgan fingerprint density at radius 3 is 2.38 bits per heavy atom. The van der Waals surface area contributed by atoms with Gasteiger partial charge in [-0.15, -0.1) is 0 Å². The van der Waals surface area contributed by atoms with Crippen LogP contribution >= 0.6 is 23.2 Å². The summed E-state index contributed by atoms with van der Waals surface area (Å²) in [5.74, 6) is -0.761. The Kier molecular flexibility index (Phi) is 9.31. The van der Waals surface area contributed by atoms with Gasteiger partial charge in [0.05, 0.1) is 0 Å². The summed E-state index contributed by atoms with van der Waals surface area (Å²) in [6, 6.07) is 19.0. The highest BCUT2D eigenvalue weighted by Gasteiger charge is 2.31. The summed E-state index contributed by atoms with van der Waals surface area (Å²) in [6.45, 7) is 1.98. The lowest BCUT2D eigenvalue weighted by atomic mass is 10.0. The predicted molar refractivity (Wildman–Crippen MR) is 132 cm³/mol. The average molecular weight is 503 g/mol. The Morgan fingerprint density at radius 1 is 1.03 bits per heavy atom. The second-order valence-electron chi connectivity index (χ2n) is 7.60. The van der Waals surface area contributed by atoms with Gasteiger partial charge in [-0.2, -0.15) is 0 Å². The summed E-state index contributed by atoms with van der Waals surface area (Å²) in [7, 11) is 0. The van der Waals surface area contributed by atoms with Crippen molar-refractivity contribution < 1.29 is 18.7 Å². The van der Waals surface area contributed by atoms with Crippen molar-refractivity contribution in [2.75, 3.05) is 13.2 Å². The molecule has 0 unspecified atom stereocenters. The number of ether oxygens (including phenoxy) is 1. The number of carbonyl (C=O) groups is 2. The van der Waals surface area contributed by atoms with Gasteiger partial charge in [-0.1, -0.05) is 59.6 Å². The molecule has 5 nitrogen and oxygen atoms in total. The van der Waals surface area contributed by atoms with Crippen LogP contribution in [0.15, 0.2) is 72.8 Å². The Balaban J connectivity index is 1.91. The lowest BCUT2D eigenvalue weighted by Crippen LogP contribution is -2.51. The third-order valence-corrected chi connectivity index (χ3v) is 5.74. The monoisotopic (exact) mass is 502 g/mol.